The Morgan fingerprint density at radius 1 is 1.40 bits per heavy atom. The number of amidine groups is 1. The number of rotatable bonds is 2. The molecule has 0 radical (unpaired) electrons. The van der Waals surface area contributed by atoms with E-state index in [1.54, 1.807) is 0 Å². The zero-order valence-electron chi connectivity index (χ0n) is 9.42. The first kappa shape index (κ1) is 10.0. The van der Waals surface area contributed by atoms with E-state index in [0.29, 0.717) is 19.0 Å². The summed E-state index contributed by atoms with van der Waals surface area (Å²) < 4.78 is 5.59. The van der Waals surface area contributed by atoms with Crippen LogP contribution in [-0.2, 0) is 6.54 Å². The summed E-state index contributed by atoms with van der Waals surface area (Å²) in [5.41, 5.74) is 10.5. The van der Waals surface area contributed by atoms with Crippen LogP contribution in [0.2, 0.25) is 0 Å². The van der Waals surface area contributed by atoms with Crippen LogP contribution in [0.4, 0.5) is 0 Å². The van der Waals surface area contributed by atoms with Crippen molar-refractivity contribution in [2.45, 2.75) is 27.3 Å². The summed E-state index contributed by atoms with van der Waals surface area (Å²) in [5.74, 6) is 1.62. The number of benzene rings is 1. The third-order valence-electron chi connectivity index (χ3n) is 2.91. The van der Waals surface area contributed by atoms with Gasteiger partial charge in [-0.3, -0.25) is 4.99 Å². The molecule has 0 saturated heterocycles. The summed E-state index contributed by atoms with van der Waals surface area (Å²) in [5, 5.41) is 0. The summed E-state index contributed by atoms with van der Waals surface area (Å²) in [6.07, 6.45) is 0. The maximum Gasteiger partial charge on any atom is 0.126 e. The molecule has 3 nitrogen and oxygen atoms in total. The van der Waals surface area contributed by atoms with Gasteiger partial charge in [0, 0.05) is 5.56 Å². The molecule has 0 unspecified atom stereocenters. The van der Waals surface area contributed by atoms with E-state index in [-0.39, 0.29) is 0 Å². The van der Waals surface area contributed by atoms with Gasteiger partial charge < -0.3 is 10.5 Å². The van der Waals surface area contributed by atoms with Crippen molar-refractivity contribution in [2.75, 3.05) is 6.61 Å². The van der Waals surface area contributed by atoms with Gasteiger partial charge in [-0.15, -0.1) is 0 Å². The van der Waals surface area contributed by atoms with Gasteiger partial charge in [0.25, 0.3) is 0 Å². The molecular formula is C12H16N2O. The largest absolute Gasteiger partial charge is 0.494 e. The summed E-state index contributed by atoms with van der Waals surface area (Å²) in [4.78, 5) is 4.25. The van der Waals surface area contributed by atoms with E-state index in [1.807, 2.05) is 6.92 Å². The SMILES string of the molecule is CCOc1cc2c(c(C)c1C)C(N)=NC2. The number of aliphatic imine (C=N–C) groups is 1. The third kappa shape index (κ3) is 1.48. The molecule has 0 aromatic heterocycles. The molecule has 0 amide bonds. The number of nitrogens with zero attached hydrogens (tertiary/aromatic N) is 1. The van der Waals surface area contributed by atoms with Gasteiger partial charge in [-0.2, -0.15) is 0 Å². The van der Waals surface area contributed by atoms with Crippen molar-refractivity contribution in [2.24, 2.45) is 10.7 Å². The Morgan fingerprint density at radius 2 is 2.13 bits per heavy atom. The molecule has 3 heteroatoms. The molecule has 1 aromatic carbocycles. The highest BCUT2D eigenvalue weighted by Crippen LogP contribution is 2.30. The molecule has 2 rings (SSSR count). The van der Waals surface area contributed by atoms with Crippen molar-refractivity contribution in [3.8, 4) is 5.75 Å². The minimum absolute atomic E-state index is 0.661. The highest BCUT2D eigenvalue weighted by atomic mass is 16.5. The van der Waals surface area contributed by atoms with Gasteiger partial charge in [0.15, 0.2) is 0 Å². The van der Waals surface area contributed by atoms with Crippen molar-refractivity contribution in [3.05, 3.63) is 28.3 Å². The molecule has 80 valence electrons. The second-order valence-electron chi connectivity index (χ2n) is 3.79. The first-order valence-corrected chi connectivity index (χ1v) is 5.21. The van der Waals surface area contributed by atoms with Crippen LogP contribution >= 0.6 is 0 Å². The average Bonchev–Trinajstić information content (AvgIpc) is 2.56. The molecule has 1 aromatic rings. The fourth-order valence-corrected chi connectivity index (χ4v) is 1.99. The van der Waals surface area contributed by atoms with Gasteiger partial charge in [0.2, 0.25) is 0 Å². The third-order valence-corrected chi connectivity index (χ3v) is 2.91. The Hall–Kier alpha value is -1.51. The molecule has 0 spiro atoms. The molecule has 1 aliphatic heterocycles. The lowest BCUT2D eigenvalue weighted by atomic mass is 9.97. The predicted molar refractivity (Wildman–Crippen MR) is 61.5 cm³/mol. The highest BCUT2D eigenvalue weighted by molar-refractivity contribution is 6.02. The quantitative estimate of drug-likeness (QED) is 0.800. The van der Waals surface area contributed by atoms with Crippen LogP contribution in [0.25, 0.3) is 0 Å². The second kappa shape index (κ2) is 3.57. The number of nitrogens with two attached hydrogens (primary N) is 1. The average molecular weight is 204 g/mol. The summed E-state index contributed by atoms with van der Waals surface area (Å²) in [6.45, 7) is 7.50. The molecule has 15 heavy (non-hydrogen) atoms. The number of hydrogen-bond acceptors (Lipinski definition) is 3. The molecular weight excluding hydrogens is 188 g/mol. The van der Waals surface area contributed by atoms with E-state index in [9.17, 15) is 0 Å². The monoisotopic (exact) mass is 204 g/mol. The molecule has 0 fully saturated rings. The Kier molecular flexibility index (Phi) is 2.39. The number of fused-ring (bicyclic) bond motifs is 1. The fourth-order valence-electron chi connectivity index (χ4n) is 1.99. The van der Waals surface area contributed by atoms with Crippen LogP contribution in [0.1, 0.15) is 29.2 Å². The molecule has 0 aliphatic carbocycles. The van der Waals surface area contributed by atoms with Crippen LogP contribution in [0.15, 0.2) is 11.1 Å². The Bertz CT molecular complexity index is 436. The van der Waals surface area contributed by atoms with Gasteiger partial charge in [-0.1, -0.05) is 0 Å². The predicted octanol–water partition coefficient (Wildman–Crippen LogP) is 1.92. The van der Waals surface area contributed by atoms with Crippen molar-refractivity contribution in [1.29, 1.82) is 0 Å². The zero-order chi connectivity index (χ0) is 11.0. The normalized spacial score (nSPS) is 13.7. The Labute approximate surface area is 90.0 Å². The minimum Gasteiger partial charge on any atom is -0.494 e. The summed E-state index contributed by atoms with van der Waals surface area (Å²) in [7, 11) is 0. The molecule has 1 heterocycles. The smallest absolute Gasteiger partial charge is 0.126 e. The van der Waals surface area contributed by atoms with Crippen molar-refractivity contribution in [1.82, 2.24) is 0 Å². The standard InChI is InChI=1S/C12H16N2O/c1-4-15-10-5-9-6-14-12(13)11(9)8(3)7(10)2/h5H,4,6H2,1-3H3,(H2,13,14). The Balaban J connectivity index is 2.56. The van der Waals surface area contributed by atoms with Crippen LogP contribution < -0.4 is 10.5 Å². The van der Waals surface area contributed by atoms with Crippen LogP contribution in [-0.4, -0.2) is 12.4 Å². The van der Waals surface area contributed by atoms with E-state index in [1.165, 1.54) is 11.1 Å². The Morgan fingerprint density at radius 3 is 2.80 bits per heavy atom. The van der Waals surface area contributed by atoms with Crippen LogP contribution in [0, 0.1) is 13.8 Å². The summed E-state index contributed by atoms with van der Waals surface area (Å²) >= 11 is 0. The number of hydrogen-bond donors (Lipinski definition) is 1. The van der Waals surface area contributed by atoms with Gasteiger partial charge in [-0.05, 0) is 43.5 Å². The maximum atomic E-state index is 5.85. The van der Waals surface area contributed by atoms with Crippen molar-refractivity contribution < 1.29 is 4.74 Å². The molecule has 0 saturated carbocycles. The second-order valence-corrected chi connectivity index (χ2v) is 3.79. The van der Waals surface area contributed by atoms with E-state index in [0.717, 1.165) is 16.9 Å². The fraction of sp³-hybridized carbons (Fsp3) is 0.417. The lowest BCUT2D eigenvalue weighted by Gasteiger charge is -2.13. The highest BCUT2D eigenvalue weighted by Gasteiger charge is 2.19. The summed E-state index contributed by atoms with van der Waals surface area (Å²) in [6, 6.07) is 2.06. The molecule has 2 N–H and O–H groups in total. The molecule has 1 aliphatic rings. The lowest BCUT2D eigenvalue weighted by Crippen LogP contribution is -2.13. The first-order chi connectivity index (χ1) is 7.15. The van der Waals surface area contributed by atoms with Gasteiger partial charge in [0.1, 0.15) is 11.6 Å². The lowest BCUT2D eigenvalue weighted by molar-refractivity contribution is 0.337. The first-order valence-electron chi connectivity index (χ1n) is 5.21. The minimum atomic E-state index is 0.661. The maximum absolute atomic E-state index is 5.85. The number of ether oxygens (including phenoxy) is 1. The van der Waals surface area contributed by atoms with Gasteiger partial charge in [0.05, 0.1) is 13.2 Å². The van der Waals surface area contributed by atoms with Crippen molar-refractivity contribution >= 4 is 5.84 Å². The van der Waals surface area contributed by atoms with Crippen LogP contribution in [0.3, 0.4) is 0 Å². The van der Waals surface area contributed by atoms with Crippen LogP contribution in [0.5, 0.6) is 5.75 Å². The topological polar surface area (TPSA) is 47.6 Å². The van der Waals surface area contributed by atoms with E-state index in [2.05, 4.69) is 24.9 Å². The molecule has 0 bridgehead atoms. The van der Waals surface area contributed by atoms with E-state index in [4.69, 9.17) is 10.5 Å². The molecule has 0 atom stereocenters. The van der Waals surface area contributed by atoms with E-state index < -0.39 is 0 Å². The van der Waals surface area contributed by atoms with Gasteiger partial charge in [-0.25, -0.2) is 0 Å². The van der Waals surface area contributed by atoms with E-state index >= 15 is 0 Å². The van der Waals surface area contributed by atoms with Crippen molar-refractivity contribution in [3.63, 3.8) is 0 Å². The van der Waals surface area contributed by atoms with Gasteiger partial charge >= 0.3 is 0 Å². The zero-order valence-corrected chi connectivity index (χ0v) is 9.42.